The van der Waals surface area contributed by atoms with Crippen LogP contribution in [0.25, 0.3) is 0 Å². The van der Waals surface area contributed by atoms with Gasteiger partial charge in [-0.25, -0.2) is 0 Å². The molecule has 0 aromatic heterocycles. The molecule has 3 aromatic carbocycles. The molecule has 0 heterocycles. The number of rotatable bonds is 8. The highest BCUT2D eigenvalue weighted by atomic mass is 35.5. The van der Waals surface area contributed by atoms with Gasteiger partial charge in [-0.15, -0.1) is 0 Å². The molecule has 1 N–H and O–H groups in total. The molecule has 0 aliphatic carbocycles. The van der Waals surface area contributed by atoms with Crippen molar-refractivity contribution in [3.63, 3.8) is 0 Å². The minimum atomic E-state index is 0.278. The van der Waals surface area contributed by atoms with Crippen LogP contribution in [0.1, 0.15) is 16.7 Å². The van der Waals surface area contributed by atoms with Crippen LogP contribution in [0.3, 0.4) is 0 Å². The first-order valence-electron chi connectivity index (χ1n) is 8.64. The van der Waals surface area contributed by atoms with Crippen LogP contribution in [0.15, 0.2) is 66.7 Å². The Balaban J connectivity index is 1.62. The van der Waals surface area contributed by atoms with E-state index in [2.05, 4.69) is 17.4 Å². The smallest absolute Gasteiger partial charge is 0.161 e. The van der Waals surface area contributed by atoms with Crippen LogP contribution in [0.5, 0.6) is 11.5 Å². The highest BCUT2D eigenvalue weighted by Crippen LogP contribution is 2.31. The number of ether oxygens (including phenoxy) is 2. The highest BCUT2D eigenvalue weighted by Gasteiger charge is 2.10. The molecule has 0 amide bonds. The van der Waals surface area contributed by atoms with E-state index in [1.54, 1.807) is 19.2 Å². The molecule has 0 bridgehead atoms. The van der Waals surface area contributed by atoms with Gasteiger partial charge in [-0.05, 0) is 35.4 Å². The monoisotopic (exact) mass is 401 g/mol. The van der Waals surface area contributed by atoms with E-state index in [0.717, 1.165) is 24.2 Å². The van der Waals surface area contributed by atoms with Crippen molar-refractivity contribution in [1.29, 1.82) is 0 Å². The average Bonchev–Trinajstić information content (AvgIpc) is 2.69. The Kier molecular flexibility index (Phi) is 6.99. The first-order valence-corrected chi connectivity index (χ1v) is 9.40. The molecule has 0 saturated carbocycles. The Morgan fingerprint density at radius 2 is 1.48 bits per heavy atom. The lowest BCUT2D eigenvalue weighted by Crippen LogP contribution is -2.12. The van der Waals surface area contributed by atoms with E-state index in [4.69, 9.17) is 32.7 Å². The average molecular weight is 402 g/mol. The minimum absolute atomic E-state index is 0.278. The molecule has 140 valence electrons. The van der Waals surface area contributed by atoms with Crippen LogP contribution in [0, 0.1) is 0 Å². The highest BCUT2D eigenvalue weighted by molar-refractivity contribution is 6.35. The van der Waals surface area contributed by atoms with Crippen LogP contribution in [0.2, 0.25) is 10.0 Å². The first kappa shape index (κ1) is 19.6. The summed E-state index contributed by atoms with van der Waals surface area (Å²) in [6.07, 6.45) is 0. The molecule has 0 unspecified atom stereocenters. The lowest BCUT2D eigenvalue weighted by atomic mass is 10.2. The summed E-state index contributed by atoms with van der Waals surface area (Å²) in [5.74, 6) is 1.33. The van der Waals surface area contributed by atoms with Crippen molar-refractivity contribution in [1.82, 2.24) is 5.32 Å². The van der Waals surface area contributed by atoms with Gasteiger partial charge in [-0.2, -0.15) is 0 Å². The lowest BCUT2D eigenvalue weighted by Gasteiger charge is -2.14. The zero-order valence-electron chi connectivity index (χ0n) is 15.0. The van der Waals surface area contributed by atoms with Crippen LogP contribution in [0.4, 0.5) is 0 Å². The van der Waals surface area contributed by atoms with E-state index in [1.165, 1.54) is 5.56 Å². The van der Waals surface area contributed by atoms with Gasteiger partial charge >= 0.3 is 0 Å². The van der Waals surface area contributed by atoms with Crippen molar-refractivity contribution in [2.45, 2.75) is 19.7 Å². The number of hydrogen-bond donors (Lipinski definition) is 1. The normalized spacial score (nSPS) is 10.6. The zero-order chi connectivity index (χ0) is 19.1. The van der Waals surface area contributed by atoms with E-state index >= 15 is 0 Å². The molecule has 0 atom stereocenters. The number of benzene rings is 3. The third-order valence-corrected chi connectivity index (χ3v) is 4.87. The van der Waals surface area contributed by atoms with E-state index < -0.39 is 0 Å². The van der Waals surface area contributed by atoms with Crippen LogP contribution >= 0.6 is 23.2 Å². The SMILES string of the molecule is COc1cc(CNCc2ccccc2)ccc1OCc1c(Cl)cccc1Cl. The molecule has 3 aromatic rings. The Bertz CT molecular complexity index is 864. The van der Waals surface area contributed by atoms with Gasteiger partial charge in [0.2, 0.25) is 0 Å². The summed E-state index contributed by atoms with van der Waals surface area (Å²) in [5, 5.41) is 4.60. The molecule has 3 rings (SSSR count). The van der Waals surface area contributed by atoms with E-state index in [9.17, 15) is 0 Å². The Hall–Kier alpha value is -2.20. The largest absolute Gasteiger partial charge is 0.493 e. The second kappa shape index (κ2) is 9.65. The molecule has 0 fully saturated rings. The summed E-state index contributed by atoms with van der Waals surface area (Å²) in [7, 11) is 1.63. The number of nitrogens with one attached hydrogen (secondary N) is 1. The second-order valence-electron chi connectivity index (χ2n) is 6.06. The molecule has 0 radical (unpaired) electrons. The first-order chi connectivity index (χ1) is 13.2. The number of methoxy groups -OCH3 is 1. The minimum Gasteiger partial charge on any atom is -0.493 e. The fraction of sp³-hybridized carbons (Fsp3) is 0.182. The predicted octanol–water partition coefficient (Wildman–Crippen LogP) is 5.87. The van der Waals surface area contributed by atoms with Gasteiger partial charge in [0.25, 0.3) is 0 Å². The van der Waals surface area contributed by atoms with Crippen LogP contribution in [-0.4, -0.2) is 7.11 Å². The maximum atomic E-state index is 6.20. The summed E-state index contributed by atoms with van der Waals surface area (Å²) < 4.78 is 11.4. The van der Waals surface area contributed by atoms with Gasteiger partial charge in [-0.1, -0.05) is 65.7 Å². The second-order valence-corrected chi connectivity index (χ2v) is 6.88. The summed E-state index contributed by atoms with van der Waals surface area (Å²) in [4.78, 5) is 0. The number of hydrogen-bond acceptors (Lipinski definition) is 3. The van der Waals surface area contributed by atoms with Crippen molar-refractivity contribution in [3.05, 3.63) is 93.5 Å². The molecule has 0 spiro atoms. The molecular weight excluding hydrogens is 381 g/mol. The van der Waals surface area contributed by atoms with E-state index in [-0.39, 0.29) is 6.61 Å². The van der Waals surface area contributed by atoms with Crippen molar-refractivity contribution in [2.24, 2.45) is 0 Å². The molecule has 3 nitrogen and oxygen atoms in total. The fourth-order valence-corrected chi connectivity index (χ4v) is 3.21. The van der Waals surface area contributed by atoms with Gasteiger partial charge in [0.1, 0.15) is 6.61 Å². The van der Waals surface area contributed by atoms with Crippen molar-refractivity contribution >= 4 is 23.2 Å². The quantitative estimate of drug-likeness (QED) is 0.511. The standard InChI is InChI=1S/C22H21Cl2NO2/c1-26-22-12-17(14-25-13-16-6-3-2-4-7-16)10-11-21(22)27-15-18-19(23)8-5-9-20(18)24/h2-12,25H,13-15H2,1H3. The summed E-state index contributed by atoms with van der Waals surface area (Å²) in [6, 6.07) is 21.6. The van der Waals surface area contributed by atoms with E-state index in [0.29, 0.717) is 21.5 Å². The predicted molar refractivity (Wildman–Crippen MR) is 111 cm³/mol. The number of halogens is 2. The molecule has 5 heteroatoms. The summed E-state index contributed by atoms with van der Waals surface area (Å²) in [6.45, 7) is 1.83. The van der Waals surface area contributed by atoms with Crippen molar-refractivity contribution in [2.75, 3.05) is 7.11 Å². The van der Waals surface area contributed by atoms with Crippen LogP contribution in [-0.2, 0) is 19.7 Å². The molecule has 0 aliphatic heterocycles. The molecule has 27 heavy (non-hydrogen) atoms. The maximum absolute atomic E-state index is 6.20. The lowest BCUT2D eigenvalue weighted by molar-refractivity contribution is 0.284. The summed E-state index contributed by atoms with van der Waals surface area (Å²) >= 11 is 12.4. The summed E-state index contributed by atoms with van der Waals surface area (Å²) in [5.41, 5.74) is 3.13. The van der Waals surface area contributed by atoms with Gasteiger partial charge < -0.3 is 14.8 Å². The topological polar surface area (TPSA) is 30.5 Å². The molecule has 0 aliphatic rings. The fourth-order valence-electron chi connectivity index (χ4n) is 2.71. The Labute approximate surface area is 169 Å². The van der Waals surface area contributed by atoms with Crippen molar-refractivity contribution in [3.8, 4) is 11.5 Å². The molecular formula is C22H21Cl2NO2. The van der Waals surface area contributed by atoms with Gasteiger partial charge in [0.15, 0.2) is 11.5 Å². The van der Waals surface area contributed by atoms with Gasteiger partial charge in [0.05, 0.1) is 7.11 Å². The van der Waals surface area contributed by atoms with Gasteiger partial charge in [-0.3, -0.25) is 0 Å². The third kappa shape index (κ3) is 5.39. The van der Waals surface area contributed by atoms with Crippen LogP contribution < -0.4 is 14.8 Å². The van der Waals surface area contributed by atoms with Gasteiger partial charge in [0, 0.05) is 28.7 Å². The Morgan fingerprint density at radius 1 is 0.778 bits per heavy atom. The Morgan fingerprint density at radius 3 is 2.19 bits per heavy atom. The van der Waals surface area contributed by atoms with E-state index in [1.807, 2.05) is 42.5 Å². The van der Waals surface area contributed by atoms with Crippen molar-refractivity contribution < 1.29 is 9.47 Å². The maximum Gasteiger partial charge on any atom is 0.161 e. The zero-order valence-corrected chi connectivity index (χ0v) is 16.6. The molecule has 0 saturated heterocycles. The third-order valence-electron chi connectivity index (χ3n) is 4.16.